The first kappa shape index (κ1) is 19.4. The number of benzene rings is 2. The van der Waals surface area contributed by atoms with E-state index in [1.165, 1.54) is 6.07 Å². The molecule has 0 saturated heterocycles. The molecule has 2 aromatic rings. The summed E-state index contributed by atoms with van der Waals surface area (Å²) < 4.78 is 19.8. The molecule has 1 N–H and O–H groups in total. The quantitative estimate of drug-likeness (QED) is 0.685. The highest BCUT2D eigenvalue weighted by atomic mass is 19.1. The van der Waals surface area contributed by atoms with Crippen LogP contribution >= 0.6 is 0 Å². The maximum Gasteiger partial charge on any atom is 0.224 e. The predicted octanol–water partition coefficient (Wildman–Crippen LogP) is 4.06. The predicted molar refractivity (Wildman–Crippen MR) is 108 cm³/mol. The molecule has 1 aliphatic carbocycles. The van der Waals surface area contributed by atoms with Crippen molar-refractivity contribution in [2.45, 2.75) is 51.1 Å². The van der Waals surface area contributed by atoms with Crippen LogP contribution in [0.25, 0.3) is 0 Å². The summed E-state index contributed by atoms with van der Waals surface area (Å²) in [5, 5.41) is 2.85. The molecule has 152 valence electrons. The van der Waals surface area contributed by atoms with Gasteiger partial charge in [0.2, 0.25) is 11.8 Å². The SMILES string of the molecule is O=C1CCc2cc(OCCCC(=O)N(Cc3ccccc3F)C3CC3)ccc2N1. The molecule has 1 heterocycles. The molecule has 1 aliphatic heterocycles. The highest BCUT2D eigenvalue weighted by Crippen LogP contribution is 2.30. The third-order valence-corrected chi connectivity index (χ3v) is 5.38. The molecule has 4 rings (SSSR count). The van der Waals surface area contributed by atoms with Crippen molar-refractivity contribution in [2.24, 2.45) is 0 Å². The van der Waals surface area contributed by atoms with Crippen LogP contribution in [0.15, 0.2) is 42.5 Å². The minimum atomic E-state index is -0.266. The number of carbonyl (C=O) groups excluding carboxylic acids is 2. The van der Waals surface area contributed by atoms with Crippen molar-refractivity contribution in [1.29, 1.82) is 0 Å². The van der Waals surface area contributed by atoms with Crippen LogP contribution in [0.1, 0.15) is 43.2 Å². The van der Waals surface area contributed by atoms with Gasteiger partial charge >= 0.3 is 0 Å². The van der Waals surface area contributed by atoms with Gasteiger partial charge < -0.3 is 15.0 Å². The maximum atomic E-state index is 14.0. The number of hydrogen-bond acceptors (Lipinski definition) is 3. The molecule has 0 unspecified atom stereocenters. The summed E-state index contributed by atoms with van der Waals surface area (Å²) in [7, 11) is 0. The molecule has 0 radical (unpaired) electrons. The molecule has 29 heavy (non-hydrogen) atoms. The van der Waals surface area contributed by atoms with E-state index in [4.69, 9.17) is 4.74 Å². The van der Waals surface area contributed by atoms with Crippen LogP contribution in [0.4, 0.5) is 10.1 Å². The lowest BCUT2D eigenvalue weighted by Gasteiger charge is -2.23. The van der Waals surface area contributed by atoms with Gasteiger partial charge in [0, 0.05) is 36.7 Å². The topological polar surface area (TPSA) is 58.6 Å². The number of fused-ring (bicyclic) bond motifs is 1. The zero-order valence-electron chi connectivity index (χ0n) is 16.3. The zero-order chi connectivity index (χ0) is 20.2. The minimum Gasteiger partial charge on any atom is -0.494 e. The summed E-state index contributed by atoms with van der Waals surface area (Å²) in [6, 6.07) is 12.5. The Kier molecular flexibility index (Phi) is 5.79. The second-order valence-electron chi connectivity index (χ2n) is 7.66. The Morgan fingerprint density at radius 2 is 2.00 bits per heavy atom. The minimum absolute atomic E-state index is 0.0419. The first-order chi connectivity index (χ1) is 14.1. The second kappa shape index (κ2) is 8.64. The Morgan fingerprint density at radius 3 is 2.79 bits per heavy atom. The van der Waals surface area contributed by atoms with Gasteiger partial charge in [0.25, 0.3) is 0 Å². The van der Waals surface area contributed by atoms with E-state index < -0.39 is 0 Å². The number of rotatable bonds is 8. The van der Waals surface area contributed by atoms with Crippen molar-refractivity contribution >= 4 is 17.5 Å². The molecule has 0 spiro atoms. The maximum absolute atomic E-state index is 14.0. The van der Waals surface area contributed by atoms with Gasteiger partial charge in [0.05, 0.1) is 6.61 Å². The fraction of sp³-hybridized carbons (Fsp3) is 0.391. The van der Waals surface area contributed by atoms with E-state index in [1.807, 2.05) is 18.2 Å². The zero-order valence-corrected chi connectivity index (χ0v) is 16.3. The van der Waals surface area contributed by atoms with Crippen LogP contribution < -0.4 is 10.1 Å². The van der Waals surface area contributed by atoms with Gasteiger partial charge in [-0.25, -0.2) is 4.39 Å². The Hall–Kier alpha value is -2.89. The Balaban J connectivity index is 1.27. The fourth-order valence-electron chi connectivity index (χ4n) is 3.62. The molecule has 1 fully saturated rings. The third-order valence-electron chi connectivity index (χ3n) is 5.38. The lowest BCUT2D eigenvalue weighted by molar-refractivity contribution is -0.132. The van der Waals surface area contributed by atoms with Gasteiger partial charge in [-0.1, -0.05) is 18.2 Å². The van der Waals surface area contributed by atoms with Crippen LogP contribution in [0, 0.1) is 5.82 Å². The van der Waals surface area contributed by atoms with Gasteiger partial charge in [-0.05, 0) is 55.5 Å². The van der Waals surface area contributed by atoms with Crippen LogP contribution in [0.5, 0.6) is 5.75 Å². The van der Waals surface area contributed by atoms with Crippen molar-refractivity contribution < 1.29 is 18.7 Å². The highest BCUT2D eigenvalue weighted by molar-refractivity contribution is 5.94. The van der Waals surface area contributed by atoms with E-state index >= 15 is 0 Å². The number of nitrogens with one attached hydrogen (secondary N) is 1. The number of aryl methyl sites for hydroxylation is 1. The molecule has 1 saturated carbocycles. The van der Waals surface area contributed by atoms with Crippen LogP contribution in [0.3, 0.4) is 0 Å². The largest absolute Gasteiger partial charge is 0.494 e. The Labute approximate surface area is 169 Å². The van der Waals surface area contributed by atoms with Gasteiger partial charge in [-0.2, -0.15) is 0 Å². The van der Waals surface area contributed by atoms with Crippen LogP contribution in [-0.2, 0) is 22.6 Å². The smallest absolute Gasteiger partial charge is 0.224 e. The molecule has 0 atom stereocenters. The van der Waals surface area contributed by atoms with Crippen molar-refractivity contribution in [2.75, 3.05) is 11.9 Å². The number of carbonyl (C=O) groups is 2. The molecular weight excluding hydrogens is 371 g/mol. The number of halogens is 1. The fourth-order valence-corrected chi connectivity index (χ4v) is 3.62. The van der Waals surface area contributed by atoms with E-state index in [9.17, 15) is 14.0 Å². The number of nitrogens with zero attached hydrogens (tertiary/aromatic N) is 1. The first-order valence-corrected chi connectivity index (χ1v) is 10.2. The van der Waals surface area contributed by atoms with Crippen LogP contribution in [0.2, 0.25) is 0 Å². The monoisotopic (exact) mass is 396 g/mol. The summed E-state index contributed by atoms with van der Waals surface area (Å²) in [4.78, 5) is 25.9. The molecule has 2 aromatic carbocycles. The molecule has 6 heteroatoms. The summed E-state index contributed by atoms with van der Waals surface area (Å²) in [5.41, 5.74) is 2.48. The van der Waals surface area contributed by atoms with Crippen molar-refractivity contribution in [1.82, 2.24) is 4.90 Å². The number of ether oxygens (including phenoxy) is 1. The Morgan fingerprint density at radius 1 is 1.17 bits per heavy atom. The molecule has 0 bridgehead atoms. The molecule has 0 aromatic heterocycles. The van der Waals surface area contributed by atoms with Crippen molar-refractivity contribution in [3.63, 3.8) is 0 Å². The summed E-state index contributed by atoms with van der Waals surface area (Å²) in [5.74, 6) is 0.573. The van der Waals surface area contributed by atoms with E-state index in [2.05, 4.69) is 5.32 Å². The van der Waals surface area contributed by atoms with Gasteiger partial charge in [0.15, 0.2) is 0 Å². The summed E-state index contributed by atoms with van der Waals surface area (Å²) in [6.45, 7) is 0.767. The standard InChI is InChI=1S/C23H25FN2O3/c24-20-5-2-1-4-17(20)15-26(18-8-9-18)23(28)6-3-13-29-19-10-11-21-16(14-19)7-12-22(27)25-21/h1-2,4-5,10-11,14,18H,3,6-9,12-13,15H2,(H,25,27). The van der Waals surface area contributed by atoms with E-state index in [-0.39, 0.29) is 23.7 Å². The number of hydrogen-bond donors (Lipinski definition) is 1. The highest BCUT2D eigenvalue weighted by Gasteiger charge is 2.32. The number of anilines is 1. The van der Waals surface area contributed by atoms with E-state index in [1.54, 1.807) is 23.1 Å². The average Bonchev–Trinajstić information content (AvgIpc) is 3.55. The summed E-state index contributed by atoms with van der Waals surface area (Å²) >= 11 is 0. The van der Waals surface area contributed by atoms with Gasteiger partial charge in [-0.3, -0.25) is 9.59 Å². The Bertz CT molecular complexity index is 911. The molecule has 5 nitrogen and oxygen atoms in total. The third kappa shape index (κ3) is 4.94. The van der Waals surface area contributed by atoms with E-state index in [0.29, 0.717) is 44.4 Å². The average molecular weight is 396 g/mol. The normalized spacial score (nSPS) is 15.4. The first-order valence-electron chi connectivity index (χ1n) is 10.2. The van der Waals surface area contributed by atoms with E-state index in [0.717, 1.165) is 29.8 Å². The molecule has 2 aliphatic rings. The van der Waals surface area contributed by atoms with Crippen LogP contribution in [-0.4, -0.2) is 29.4 Å². The van der Waals surface area contributed by atoms with Crippen molar-refractivity contribution in [3.05, 3.63) is 59.4 Å². The molecular formula is C23H25FN2O3. The lowest BCUT2D eigenvalue weighted by Crippen LogP contribution is -2.33. The van der Waals surface area contributed by atoms with Gasteiger partial charge in [-0.15, -0.1) is 0 Å². The van der Waals surface area contributed by atoms with Crippen molar-refractivity contribution in [3.8, 4) is 5.75 Å². The number of amides is 2. The lowest BCUT2D eigenvalue weighted by atomic mass is 10.0. The second-order valence-corrected chi connectivity index (χ2v) is 7.66. The van der Waals surface area contributed by atoms with Gasteiger partial charge in [0.1, 0.15) is 11.6 Å². The summed E-state index contributed by atoms with van der Waals surface area (Å²) in [6.07, 6.45) is 4.16. The molecule has 2 amide bonds.